The van der Waals surface area contributed by atoms with Gasteiger partial charge in [0.2, 0.25) is 0 Å². The molecule has 2 rings (SSSR count). The van der Waals surface area contributed by atoms with Crippen molar-refractivity contribution in [1.82, 2.24) is 9.97 Å². The maximum atomic E-state index is 13.4. The summed E-state index contributed by atoms with van der Waals surface area (Å²) in [5.74, 6) is 0.0747. The minimum Gasteiger partial charge on any atom is -0.236 e. The van der Waals surface area contributed by atoms with E-state index in [0.29, 0.717) is 11.4 Å². The first-order valence-electron chi connectivity index (χ1n) is 4.00. The Bertz CT molecular complexity index is 445. The average molecular weight is 253 g/mol. The third-order valence-corrected chi connectivity index (χ3v) is 2.23. The molecule has 0 amide bonds. The molecular formula is C10H6BrFN2. The first-order chi connectivity index (χ1) is 6.77. The first kappa shape index (κ1) is 9.27. The van der Waals surface area contributed by atoms with Crippen molar-refractivity contribution >= 4 is 15.9 Å². The van der Waals surface area contributed by atoms with Gasteiger partial charge in [-0.1, -0.05) is 15.9 Å². The fraction of sp³-hybridized carbons (Fsp3) is 0. The van der Waals surface area contributed by atoms with Gasteiger partial charge in [-0.2, -0.15) is 0 Å². The highest BCUT2D eigenvalue weighted by atomic mass is 79.9. The van der Waals surface area contributed by atoms with Crippen LogP contribution in [0.1, 0.15) is 0 Å². The normalized spacial score (nSPS) is 10.1. The van der Waals surface area contributed by atoms with Crippen LogP contribution in [0, 0.1) is 5.82 Å². The Balaban J connectivity index is 2.57. The van der Waals surface area contributed by atoms with Crippen LogP contribution in [0.3, 0.4) is 0 Å². The van der Waals surface area contributed by atoms with E-state index in [1.54, 1.807) is 30.6 Å². The Labute approximate surface area is 89.0 Å². The summed E-state index contributed by atoms with van der Waals surface area (Å²) in [6.07, 6.45) is 3.17. The van der Waals surface area contributed by atoms with E-state index in [1.165, 1.54) is 6.07 Å². The number of rotatable bonds is 1. The lowest BCUT2D eigenvalue weighted by Gasteiger charge is -2.01. The second-order valence-electron chi connectivity index (χ2n) is 2.70. The van der Waals surface area contributed by atoms with Gasteiger partial charge >= 0.3 is 0 Å². The molecule has 2 nitrogen and oxygen atoms in total. The molecule has 0 unspecified atom stereocenters. The van der Waals surface area contributed by atoms with Gasteiger partial charge in [-0.15, -0.1) is 0 Å². The SMILES string of the molecule is Fc1ccc(Br)cc1-c1ncccn1. The minimum atomic E-state index is -0.320. The summed E-state index contributed by atoms with van der Waals surface area (Å²) in [7, 11) is 0. The maximum Gasteiger partial charge on any atom is 0.162 e. The predicted molar refractivity (Wildman–Crippen MR) is 55.1 cm³/mol. The quantitative estimate of drug-likeness (QED) is 0.780. The third kappa shape index (κ3) is 1.80. The molecule has 1 aromatic carbocycles. The van der Waals surface area contributed by atoms with Crippen LogP contribution in [-0.2, 0) is 0 Å². The molecular weight excluding hydrogens is 247 g/mol. The smallest absolute Gasteiger partial charge is 0.162 e. The Morgan fingerprint density at radius 2 is 1.86 bits per heavy atom. The Morgan fingerprint density at radius 1 is 1.14 bits per heavy atom. The number of benzene rings is 1. The molecule has 0 saturated carbocycles. The topological polar surface area (TPSA) is 25.8 Å². The van der Waals surface area contributed by atoms with Crippen molar-refractivity contribution in [1.29, 1.82) is 0 Å². The molecule has 1 heterocycles. The van der Waals surface area contributed by atoms with Gasteiger partial charge in [0.05, 0.1) is 5.56 Å². The van der Waals surface area contributed by atoms with Gasteiger partial charge < -0.3 is 0 Å². The summed E-state index contributed by atoms with van der Waals surface area (Å²) in [6.45, 7) is 0. The first-order valence-corrected chi connectivity index (χ1v) is 4.79. The van der Waals surface area contributed by atoms with E-state index in [1.807, 2.05) is 0 Å². The second kappa shape index (κ2) is 3.84. The highest BCUT2D eigenvalue weighted by Crippen LogP contribution is 2.22. The zero-order valence-electron chi connectivity index (χ0n) is 7.11. The van der Waals surface area contributed by atoms with Crippen molar-refractivity contribution in [3.8, 4) is 11.4 Å². The van der Waals surface area contributed by atoms with Crippen molar-refractivity contribution in [2.24, 2.45) is 0 Å². The summed E-state index contributed by atoms with van der Waals surface area (Å²) < 4.78 is 14.2. The van der Waals surface area contributed by atoms with Gasteiger partial charge in [-0.25, -0.2) is 14.4 Å². The molecule has 0 bridgehead atoms. The van der Waals surface area contributed by atoms with E-state index >= 15 is 0 Å². The van der Waals surface area contributed by atoms with E-state index < -0.39 is 0 Å². The fourth-order valence-corrected chi connectivity index (χ4v) is 1.47. The largest absolute Gasteiger partial charge is 0.236 e. The molecule has 0 radical (unpaired) electrons. The second-order valence-corrected chi connectivity index (χ2v) is 3.61. The summed E-state index contributed by atoms with van der Waals surface area (Å²) >= 11 is 3.27. The van der Waals surface area contributed by atoms with Crippen molar-refractivity contribution in [2.75, 3.05) is 0 Å². The highest BCUT2D eigenvalue weighted by Gasteiger charge is 2.06. The molecule has 4 heteroatoms. The van der Waals surface area contributed by atoms with Crippen LogP contribution < -0.4 is 0 Å². The van der Waals surface area contributed by atoms with Crippen LogP contribution in [0.15, 0.2) is 41.1 Å². The molecule has 1 aromatic heterocycles. The number of hydrogen-bond acceptors (Lipinski definition) is 2. The minimum absolute atomic E-state index is 0.320. The maximum absolute atomic E-state index is 13.4. The lowest BCUT2D eigenvalue weighted by Crippen LogP contribution is -1.90. The van der Waals surface area contributed by atoms with E-state index in [-0.39, 0.29) is 5.82 Å². The van der Waals surface area contributed by atoms with Gasteiger partial charge in [-0.05, 0) is 24.3 Å². The molecule has 0 atom stereocenters. The van der Waals surface area contributed by atoms with E-state index in [9.17, 15) is 4.39 Å². The van der Waals surface area contributed by atoms with Crippen LogP contribution in [0.2, 0.25) is 0 Å². The van der Waals surface area contributed by atoms with Gasteiger partial charge in [0, 0.05) is 16.9 Å². The molecule has 0 aliphatic heterocycles. The monoisotopic (exact) mass is 252 g/mol. The summed E-state index contributed by atoms with van der Waals surface area (Å²) in [5.41, 5.74) is 0.403. The van der Waals surface area contributed by atoms with E-state index in [4.69, 9.17) is 0 Å². The number of aromatic nitrogens is 2. The van der Waals surface area contributed by atoms with E-state index in [2.05, 4.69) is 25.9 Å². The zero-order chi connectivity index (χ0) is 9.97. The average Bonchev–Trinajstić information content (AvgIpc) is 2.23. The molecule has 70 valence electrons. The van der Waals surface area contributed by atoms with Crippen LogP contribution >= 0.6 is 15.9 Å². The molecule has 0 spiro atoms. The number of nitrogens with zero attached hydrogens (tertiary/aromatic N) is 2. The molecule has 14 heavy (non-hydrogen) atoms. The van der Waals surface area contributed by atoms with Gasteiger partial charge in [0.1, 0.15) is 5.82 Å². The molecule has 0 saturated heterocycles. The van der Waals surface area contributed by atoms with Gasteiger partial charge in [-0.3, -0.25) is 0 Å². The van der Waals surface area contributed by atoms with Crippen molar-refractivity contribution < 1.29 is 4.39 Å². The molecule has 0 fully saturated rings. The summed E-state index contributed by atoms with van der Waals surface area (Å²) in [4.78, 5) is 7.96. The molecule has 2 aromatic rings. The van der Waals surface area contributed by atoms with Crippen LogP contribution in [0.4, 0.5) is 4.39 Å². The summed E-state index contributed by atoms with van der Waals surface area (Å²) in [5, 5.41) is 0. The third-order valence-electron chi connectivity index (χ3n) is 1.74. The standard InChI is InChI=1S/C10H6BrFN2/c11-7-2-3-9(12)8(6-7)10-13-4-1-5-14-10/h1-6H. The molecule has 0 aliphatic rings. The lowest BCUT2D eigenvalue weighted by molar-refractivity contribution is 0.629. The highest BCUT2D eigenvalue weighted by molar-refractivity contribution is 9.10. The van der Waals surface area contributed by atoms with Gasteiger partial charge in [0.25, 0.3) is 0 Å². The van der Waals surface area contributed by atoms with Crippen LogP contribution in [0.5, 0.6) is 0 Å². The Hall–Kier alpha value is -1.29. The van der Waals surface area contributed by atoms with E-state index in [0.717, 1.165) is 4.47 Å². The Morgan fingerprint density at radius 3 is 2.57 bits per heavy atom. The predicted octanol–water partition coefficient (Wildman–Crippen LogP) is 3.05. The van der Waals surface area contributed by atoms with Crippen molar-refractivity contribution in [3.63, 3.8) is 0 Å². The van der Waals surface area contributed by atoms with Crippen LogP contribution in [-0.4, -0.2) is 9.97 Å². The number of hydrogen-bond donors (Lipinski definition) is 0. The fourth-order valence-electron chi connectivity index (χ4n) is 1.11. The van der Waals surface area contributed by atoms with Crippen molar-refractivity contribution in [3.05, 3.63) is 46.9 Å². The summed E-state index contributed by atoms with van der Waals surface area (Å²) in [6, 6.07) is 6.38. The zero-order valence-corrected chi connectivity index (χ0v) is 8.70. The van der Waals surface area contributed by atoms with Gasteiger partial charge in [0.15, 0.2) is 5.82 Å². The lowest BCUT2D eigenvalue weighted by atomic mass is 10.2. The van der Waals surface area contributed by atoms with Crippen LogP contribution in [0.25, 0.3) is 11.4 Å². The molecule has 0 aliphatic carbocycles. The number of halogens is 2. The molecule has 0 N–H and O–H groups in total. The van der Waals surface area contributed by atoms with Crippen molar-refractivity contribution in [2.45, 2.75) is 0 Å². The Kier molecular flexibility index (Phi) is 2.54.